The summed E-state index contributed by atoms with van der Waals surface area (Å²) in [6.45, 7) is 0. The first-order valence-corrected chi connectivity index (χ1v) is 7.18. The second-order valence-electron chi connectivity index (χ2n) is 4.68. The molecule has 0 fully saturated rings. The van der Waals surface area contributed by atoms with Crippen molar-refractivity contribution in [1.29, 1.82) is 0 Å². The molecular weight excluding hydrogens is 351 g/mol. The number of halogens is 2. The van der Waals surface area contributed by atoms with Crippen LogP contribution in [0.15, 0.2) is 53.0 Å². The number of carboxylic acid groups (broad SMARTS) is 1. The number of nitrogens with zero attached hydrogens (tertiary/aromatic N) is 1. The van der Waals surface area contributed by atoms with Gasteiger partial charge >= 0.3 is 5.97 Å². The molecule has 0 aliphatic heterocycles. The van der Waals surface area contributed by atoms with Gasteiger partial charge in [0.15, 0.2) is 0 Å². The highest BCUT2D eigenvalue weighted by Gasteiger charge is 2.11. The summed E-state index contributed by atoms with van der Waals surface area (Å²) in [5.41, 5.74) is 2.31. The average molecular weight is 361 g/mol. The van der Waals surface area contributed by atoms with E-state index < -0.39 is 5.97 Å². The van der Waals surface area contributed by atoms with Gasteiger partial charge in [-0.2, -0.15) is 5.10 Å². The van der Waals surface area contributed by atoms with E-state index in [0.717, 1.165) is 0 Å². The fraction of sp³-hybridized carbons (Fsp3) is 0. The van der Waals surface area contributed by atoms with Crippen LogP contribution in [-0.4, -0.2) is 21.3 Å². The third-order valence-corrected chi connectivity index (χ3v) is 3.70. The maximum absolute atomic E-state index is 14.0. The monoisotopic (exact) mass is 360 g/mol. The fourth-order valence-corrected chi connectivity index (χ4v) is 2.46. The van der Waals surface area contributed by atoms with Gasteiger partial charge in [0.05, 0.1) is 17.0 Å². The van der Waals surface area contributed by atoms with Crippen molar-refractivity contribution in [3.05, 3.63) is 64.4 Å². The summed E-state index contributed by atoms with van der Waals surface area (Å²) in [5.74, 6) is -1.37. The molecule has 3 aromatic rings. The molecule has 6 heteroatoms. The molecule has 1 heterocycles. The van der Waals surface area contributed by atoms with Crippen LogP contribution in [0.5, 0.6) is 0 Å². The van der Waals surface area contributed by atoms with Crippen LogP contribution in [0.2, 0.25) is 0 Å². The van der Waals surface area contributed by atoms with Gasteiger partial charge in [0.1, 0.15) is 5.82 Å². The molecule has 3 rings (SSSR count). The number of carboxylic acids is 1. The topological polar surface area (TPSA) is 66.0 Å². The molecule has 0 bridgehead atoms. The zero-order valence-corrected chi connectivity index (χ0v) is 12.8. The number of aromatic carboxylic acids is 1. The van der Waals surface area contributed by atoms with Gasteiger partial charge in [-0.05, 0) is 36.4 Å². The van der Waals surface area contributed by atoms with Gasteiger partial charge in [0.2, 0.25) is 0 Å². The molecule has 0 radical (unpaired) electrons. The molecule has 0 atom stereocenters. The van der Waals surface area contributed by atoms with Crippen molar-refractivity contribution in [3.63, 3.8) is 0 Å². The zero-order valence-electron chi connectivity index (χ0n) is 11.2. The van der Waals surface area contributed by atoms with E-state index >= 15 is 0 Å². The molecule has 0 unspecified atom stereocenters. The van der Waals surface area contributed by atoms with Crippen LogP contribution < -0.4 is 0 Å². The van der Waals surface area contributed by atoms with Gasteiger partial charge in [0.25, 0.3) is 0 Å². The summed E-state index contributed by atoms with van der Waals surface area (Å²) < 4.78 is 14.6. The first-order valence-electron chi connectivity index (χ1n) is 6.39. The van der Waals surface area contributed by atoms with E-state index in [1.807, 2.05) is 0 Å². The summed E-state index contributed by atoms with van der Waals surface area (Å²) >= 11 is 3.21. The molecular formula is C16H10BrFN2O2. The van der Waals surface area contributed by atoms with E-state index in [0.29, 0.717) is 27.0 Å². The minimum atomic E-state index is -1.00. The van der Waals surface area contributed by atoms with Crippen molar-refractivity contribution in [2.24, 2.45) is 0 Å². The van der Waals surface area contributed by atoms with E-state index in [4.69, 9.17) is 5.11 Å². The van der Waals surface area contributed by atoms with E-state index in [1.165, 1.54) is 18.2 Å². The largest absolute Gasteiger partial charge is 0.478 e. The van der Waals surface area contributed by atoms with Crippen molar-refractivity contribution in [2.75, 3.05) is 0 Å². The molecule has 0 saturated heterocycles. The van der Waals surface area contributed by atoms with Crippen LogP contribution in [0.25, 0.3) is 22.5 Å². The Labute approximate surface area is 133 Å². The number of aromatic amines is 1. The van der Waals surface area contributed by atoms with Crippen LogP contribution >= 0.6 is 15.9 Å². The Morgan fingerprint density at radius 3 is 2.73 bits per heavy atom. The first-order chi connectivity index (χ1) is 10.5. The SMILES string of the molecule is O=C(O)c1cccc(-c2cc(-c3ccc(Br)cc3F)[nH]n2)c1. The summed E-state index contributed by atoms with van der Waals surface area (Å²) in [6, 6.07) is 12.9. The van der Waals surface area contributed by atoms with Crippen molar-refractivity contribution < 1.29 is 14.3 Å². The molecule has 110 valence electrons. The first kappa shape index (κ1) is 14.5. The molecule has 0 aliphatic carbocycles. The van der Waals surface area contributed by atoms with Crippen molar-refractivity contribution in [2.45, 2.75) is 0 Å². The zero-order chi connectivity index (χ0) is 15.7. The maximum atomic E-state index is 14.0. The van der Waals surface area contributed by atoms with Gasteiger partial charge in [0, 0.05) is 15.6 Å². The van der Waals surface area contributed by atoms with Crippen LogP contribution in [0.4, 0.5) is 4.39 Å². The Bertz CT molecular complexity index is 861. The number of H-pyrrole nitrogens is 1. The molecule has 2 aromatic carbocycles. The number of carbonyl (C=O) groups is 1. The van der Waals surface area contributed by atoms with Gasteiger partial charge in [-0.15, -0.1) is 0 Å². The maximum Gasteiger partial charge on any atom is 0.335 e. The Kier molecular flexibility index (Phi) is 3.77. The number of nitrogens with one attached hydrogen (secondary N) is 1. The molecule has 4 nitrogen and oxygen atoms in total. The minimum Gasteiger partial charge on any atom is -0.478 e. The van der Waals surface area contributed by atoms with Gasteiger partial charge in [-0.1, -0.05) is 28.1 Å². The van der Waals surface area contributed by atoms with E-state index in [-0.39, 0.29) is 11.4 Å². The second kappa shape index (κ2) is 5.73. The predicted molar refractivity (Wildman–Crippen MR) is 84.1 cm³/mol. The minimum absolute atomic E-state index is 0.178. The predicted octanol–water partition coefficient (Wildman–Crippen LogP) is 4.34. The van der Waals surface area contributed by atoms with Crippen molar-refractivity contribution in [3.8, 4) is 22.5 Å². The number of rotatable bonds is 3. The molecule has 0 aliphatic rings. The van der Waals surface area contributed by atoms with E-state index in [9.17, 15) is 9.18 Å². The second-order valence-corrected chi connectivity index (χ2v) is 5.59. The lowest BCUT2D eigenvalue weighted by molar-refractivity contribution is 0.0697. The Morgan fingerprint density at radius 2 is 2.00 bits per heavy atom. The summed E-state index contributed by atoms with van der Waals surface area (Å²) in [5, 5.41) is 15.9. The van der Waals surface area contributed by atoms with E-state index in [2.05, 4.69) is 26.1 Å². The lowest BCUT2D eigenvalue weighted by Crippen LogP contribution is -1.95. The lowest BCUT2D eigenvalue weighted by atomic mass is 10.1. The molecule has 1 aromatic heterocycles. The van der Waals surface area contributed by atoms with Crippen LogP contribution in [-0.2, 0) is 0 Å². The van der Waals surface area contributed by atoms with Crippen LogP contribution in [0.3, 0.4) is 0 Å². The highest BCUT2D eigenvalue weighted by Crippen LogP contribution is 2.27. The number of hydrogen-bond acceptors (Lipinski definition) is 2. The highest BCUT2D eigenvalue weighted by atomic mass is 79.9. The molecule has 0 spiro atoms. The molecule has 22 heavy (non-hydrogen) atoms. The summed E-state index contributed by atoms with van der Waals surface area (Å²) in [6.07, 6.45) is 0. The smallest absolute Gasteiger partial charge is 0.335 e. The molecule has 2 N–H and O–H groups in total. The Balaban J connectivity index is 2.00. The summed E-state index contributed by atoms with van der Waals surface area (Å²) in [7, 11) is 0. The number of hydrogen-bond donors (Lipinski definition) is 2. The third-order valence-electron chi connectivity index (χ3n) is 3.20. The quantitative estimate of drug-likeness (QED) is 0.729. The standard InChI is InChI=1S/C16H10BrFN2O2/c17-11-4-5-12(13(18)7-11)15-8-14(19-20-15)9-2-1-3-10(6-9)16(21)22/h1-8H,(H,19,20)(H,21,22). The van der Waals surface area contributed by atoms with Crippen molar-refractivity contribution >= 4 is 21.9 Å². The molecule has 0 saturated carbocycles. The Hall–Kier alpha value is -2.47. The summed E-state index contributed by atoms with van der Waals surface area (Å²) in [4.78, 5) is 11.0. The number of aromatic nitrogens is 2. The Morgan fingerprint density at radius 1 is 1.18 bits per heavy atom. The highest BCUT2D eigenvalue weighted by molar-refractivity contribution is 9.10. The normalized spacial score (nSPS) is 10.6. The van der Waals surface area contributed by atoms with Gasteiger partial charge < -0.3 is 5.11 Å². The third kappa shape index (κ3) is 2.78. The fourth-order valence-electron chi connectivity index (χ4n) is 2.13. The van der Waals surface area contributed by atoms with Gasteiger partial charge in [-0.3, -0.25) is 5.10 Å². The average Bonchev–Trinajstić information content (AvgIpc) is 2.97. The van der Waals surface area contributed by atoms with E-state index in [1.54, 1.807) is 30.3 Å². The van der Waals surface area contributed by atoms with Crippen LogP contribution in [0, 0.1) is 5.82 Å². The van der Waals surface area contributed by atoms with Crippen molar-refractivity contribution in [1.82, 2.24) is 10.2 Å². The number of benzene rings is 2. The molecule has 0 amide bonds. The van der Waals surface area contributed by atoms with Gasteiger partial charge in [-0.25, -0.2) is 9.18 Å². The van der Waals surface area contributed by atoms with Crippen LogP contribution in [0.1, 0.15) is 10.4 Å². The lowest BCUT2D eigenvalue weighted by Gasteiger charge is -2.00.